The predicted molar refractivity (Wildman–Crippen MR) is 203 cm³/mol. The minimum absolute atomic E-state index is 0.0283. The van der Waals surface area contributed by atoms with E-state index in [2.05, 4.69) is 44.9 Å². The molecule has 3 aromatic carbocycles. The Morgan fingerprint density at radius 2 is 1.58 bits per heavy atom. The van der Waals surface area contributed by atoms with Crippen molar-refractivity contribution < 1.29 is 35.1 Å². The number of aryl methyl sites for hydroxylation is 3. The zero-order chi connectivity index (χ0) is 38.3. The zero-order valence-electron chi connectivity index (χ0n) is 30.0. The van der Waals surface area contributed by atoms with E-state index in [1.54, 1.807) is 6.92 Å². The van der Waals surface area contributed by atoms with Crippen LogP contribution in [0.4, 0.5) is 11.6 Å². The minimum Gasteiger partial charge on any atom is -0.492 e. The monoisotopic (exact) mass is 732 g/mol. The van der Waals surface area contributed by atoms with E-state index in [9.17, 15) is 25.2 Å². The lowest BCUT2D eigenvalue weighted by atomic mass is 10.0. The number of unbranched alkanes of at least 4 members (excludes halogenated alkanes) is 1. The molecule has 0 fully saturated rings. The first kappa shape index (κ1) is 40.9. The standard InChI is InChI=1S/C38H52N8O7/c1-24-35(39)44-36(40)32(43-24)37(52)45-38(41)42-18-5-4-8-25-14-16-28(17-15-25)53-21-20-46(22-30(48)33(50)34(51)31(49)23-47)19-7-12-27-11-6-10-26-9-2-3-13-29(26)27/h2-3,6,9-11,13-17,30-31,33-34,47-51H,4-5,7-8,12,18-23H2,1H3,(H4,39,40,44)(H3,41,42,45,52). The molecule has 0 aliphatic carbocycles. The predicted octanol–water partition coefficient (Wildman–Crippen LogP) is 1.13. The summed E-state index contributed by atoms with van der Waals surface area (Å²) in [4.78, 5) is 22.3. The summed E-state index contributed by atoms with van der Waals surface area (Å²) in [6, 6.07) is 22.2. The van der Waals surface area contributed by atoms with Crippen molar-refractivity contribution in [2.75, 3.05) is 50.9 Å². The molecule has 4 atom stereocenters. The minimum atomic E-state index is -1.69. The van der Waals surface area contributed by atoms with Crippen LogP contribution in [-0.2, 0) is 12.8 Å². The van der Waals surface area contributed by atoms with E-state index in [0.717, 1.165) is 37.7 Å². The van der Waals surface area contributed by atoms with Gasteiger partial charge in [-0.2, -0.15) is 0 Å². The number of rotatable bonds is 20. The molecule has 0 saturated heterocycles. The molecule has 1 amide bonds. The van der Waals surface area contributed by atoms with Crippen molar-refractivity contribution >= 4 is 34.3 Å². The molecule has 4 unspecified atom stereocenters. The normalized spacial score (nSPS) is 13.7. The van der Waals surface area contributed by atoms with Crippen LogP contribution < -0.4 is 26.8 Å². The van der Waals surface area contributed by atoms with E-state index in [0.29, 0.717) is 37.7 Å². The number of hydrogen-bond donors (Lipinski definition) is 10. The molecule has 0 radical (unpaired) electrons. The van der Waals surface area contributed by atoms with Gasteiger partial charge in [-0.05, 0) is 79.6 Å². The first-order valence-corrected chi connectivity index (χ1v) is 17.7. The van der Waals surface area contributed by atoms with Crippen molar-refractivity contribution in [3.63, 3.8) is 0 Å². The zero-order valence-corrected chi connectivity index (χ0v) is 30.0. The number of nitrogens with two attached hydrogens (primary N) is 2. The number of hydrogen-bond acceptors (Lipinski definition) is 13. The van der Waals surface area contributed by atoms with Gasteiger partial charge in [0.1, 0.15) is 36.5 Å². The number of fused-ring (bicyclic) bond motifs is 1. The van der Waals surface area contributed by atoms with Gasteiger partial charge in [0.15, 0.2) is 17.5 Å². The second-order valence-corrected chi connectivity index (χ2v) is 13.0. The highest BCUT2D eigenvalue weighted by Crippen LogP contribution is 2.20. The molecule has 0 saturated carbocycles. The molecule has 286 valence electrons. The number of aliphatic hydroxyl groups is 5. The lowest BCUT2D eigenvalue weighted by molar-refractivity contribution is -0.119. The molecule has 12 N–H and O–H groups in total. The number of carbonyl (C=O) groups is 1. The highest BCUT2D eigenvalue weighted by molar-refractivity contribution is 6.06. The van der Waals surface area contributed by atoms with Gasteiger partial charge in [-0.25, -0.2) is 9.97 Å². The Labute approximate surface area is 309 Å². The second kappa shape index (κ2) is 20.4. The van der Waals surface area contributed by atoms with Crippen molar-refractivity contribution in [3.05, 3.63) is 89.2 Å². The summed E-state index contributed by atoms with van der Waals surface area (Å²) in [6.45, 7) is 2.71. The van der Waals surface area contributed by atoms with Crippen LogP contribution in [0.5, 0.6) is 5.75 Å². The van der Waals surface area contributed by atoms with Gasteiger partial charge >= 0.3 is 0 Å². The Balaban J connectivity index is 1.21. The Hall–Kier alpha value is -4.90. The van der Waals surface area contributed by atoms with E-state index in [-0.39, 0.29) is 29.8 Å². The number of nitrogens with zero attached hydrogens (tertiary/aromatic N) is 3. The fourth-order valence-electron chi connectivity index (χ4n) is 5.88. The van der Waals surface area contributed by atoms with Crippen LogP contribution in [0.2, 0.25) is 0 Å². The number of anilines is 2. The van der Waals surface area contributed by atoms with Gasteiger partial charge in [0.2, 0.25) is 0 Å². The van der Waals surface area contributed by atoms with Crippen molar-refractivity contribution in [2.24, 2.45) is 0 Å². The number of nitrogens with one attached hydrogen (secondary N) is 3. The fraction of sp³-hybridized carbons (Fsp3) is 0.421. The third kappa shape index (κ3) is 12.3. The molecule has 4 rings (SSSR count). The molecule has 15 heteroatoms. The number of ether oxygens (including phenoxy) is 1. The summed E-state index contributed by atoms with van der Waals surface area (Å²) >= 11 is 0. The van der Waals surface area contributed by atoms with Gasteiger partial charge < -0.3 is 47.1 Å². The number of carbonyl (C=O) groups excluding carboxylic acids is 1. The average molecular weight is 733 g/mol. The van der Waals surface area contributed by atoms with Gasteiger partial charge in [0.25, 0.3) is 5.91 Å². The Morgan fingerprint density at radius 1 is 0.868 bits per heavy atom. The lowest BCUT2D eigenvalue weighted by Gasteiger charge is -2.30. The third-order valence-electron chi connectivity index (χ3n) is 8.95. The topological polar surface area (TPSA) is 256 Å². The van der Waals surface area contributed by atoms with Crippen LogP contribution in [0.3, 0.4) is 0 Å². The van der Waals surface area contributed by atoms with Crippen LogP contribution in [0, 0.1) is 12.3 Å². The summed E-state index contributed by atoms with van der Waals surface area (Å²) in [7, 11) is 0. The molecule has 1 heterocycles. The Kier molecular flexibility index (Phi) is 15.7. The largest absolute Gasteiger partial charge is 0.492 e. The maximum Gasteiger partial charge on any atom is 0.280 e. The second-order valence-electron chi connectivity index (χ2n) is 13.0. The van der Waals surface area contributed by atoms with Gasteiger partial charge in [-0.1, -0.05) is 54.6 Å². The first-order valence-electron chi connectivity index (χ1n) is 17.7. The Morgan fingerprint density at radius 3 is 2.34 bits per heavy atom. The van der Waals surface area contributed by atoms with Crippen LogP contribution >= 0.6 is 0 Å². The van der Waals surface area contributed by atoms with E-state index < -0.39 is 36.9 Å². The molecule has 0 spiro atoms. The highest BCUT2D eigenvalue weighted by atomic mass is 16.5. The average Bonchev–Trinajstić information content (AvgIpc) is 3.15. The van der Waals surface area contributed by atoms with Gasteiger partial charge in [-0.15, -0.1) is 0 Å². The molecule has 4 aromatic rings. The number of nitrogen functional groups attached to an aromatic ring is 2. The smallest absolute Gasteiger partial charge is 0.280 e. The molecule has 15 nitrogen and oxygen atoms in total. The van der Waals surface area contributed by atoms with Gasteiger partial charge in [-0.3, -0.25) is 20.4 Å². The van der Waals surface area contributed by atoms with Crippen LogP contribution in [0.1, 0.15) is 46.6 Å². The van der Waals surface area contributed by atoms with Crippen molar-refractivity contribution in [2.45, 2.75) is 63.4 Å². The van der Waals surface area contributed by atoms with E-state index in [4.69, 9.17) is 26.7 Å². The maximum absolute atomic E-state index is 12.4. The molecule has 0 aliphatic rings. The first-order chi connectivity index (χ1) is 25.5. The molecular weight excluding hydrogens is 680 g/mol. The molecule has 0 bridgehead atoms. The maximum atomic E-state index is 12.4. The molecule has 53 heavy (non-hydrogen) atoms. The molecular formula is C38H52N8O7. The molecule has 0 aliphatic heterocycles. The van der Waals surface area contributed by atoms with Gasteiger partial charge in [0.05, 0.1) is 18.4 Å². The van der Waals surface area contributed by atoms with Crippen LogP contribution in [-0.4, -0.2) is 116 Å². The molecule has 1 aromatic heterocycles. The number of benzene rings is 3. The highest BCUT2D eigenvalue weighted by Gasteiger charge is 2.31. The fourth-order valence-corrected chi connectivity index (χ4v) is 5.88. The van der Waals surface area contributed by atoms with Crippen molar-refractivity contribution in [1.82, 2.24) is 25.5 Å². The quantitative estimate of drug-likeness (QED) is 0.0348. The summed E-state index contributed by atoms with van der Waals surface area (Å²) in [5, 5.41) is 65.8. The third-order valence-corrected chi connectivity index (χ3v) is 8.95. The summed E-state index contributed by atoms with van der Waals surface area (Å²) in [6.07, 6.45) is -2.30. The van der Waals surface area contributed by atoms with E-state index in [1.807, 2.05) is 47.4 Å². The number of aromatic nitrogens is 2. The van der Waals surface area contributed by atoms with Crippen molar-refractivity contribution in [3.8, 4) is 5.75 Å². The summed E-state index contributed by atoms with van der Waals surface area (Å²) in [5.74, 6) is -0.0960. The van der Waals surface area contributed by atoms with E-state index >= 15 is 0 Å². The summed E-state index contributed by atoms with van der Waals surface area (Å²) in [5.41, 5.74) is 14.0. The van der Waals surface area contributed by atoms with E-state index in [1.165, 1.54) is 16.3 Å². The van der Waals surface area contributed by atoms with Gasteiger partial charge in [0, 0.05) is 19.6 Å². The SMILES string of the molecule is Cc1nc(C(=O)NC(=N)NCCCCc2ccc(OCCN(CCCc3cccc4ccccc34)CC(O)C(O)C(O)C(O)CO)cc2)c(N)nc1N. The number of guanidine groups is 1. The Bertz CT molecular complexity index is 1770. The van der Waals surface area contributed by atoms with Crippen LogP contribution in [0.15, 0.2) is 66.7 Å². The number of amides is 1. The van der Waals surface area contributed by atoms with Crippen LogP contribution in [0.25, 0.3) is 10.8 Å². The summed E-state index contributed by atoms with van der Waals surface area (Å²) < 4.78 is 6.01. The lowest BCUT2D eigenvalue weighted by Crippen LogP contribution is -2.50. The number of aliphatic hydroxyl groups excluding tert-OH is 5. The van der Waals surface area contributed by atoms with Crippen molar-refractivity contribution in [1.29, 1.82) is 5.41 Å².